The largest absolute Gasteiger partial charge is 0.458 e. The van der Waals surface area contributed by atoms with Gasteiger partial charge in [0.05, 0.1) is 0 Å². The van der Waals surface area contributed by atoms with Crippen LogP contribution in [0.15, 0.2) is 169 Å². The molecule has 3 aliphatic carbocycles. The van der Waals surface area contributed by atoms with Crippen molar-refractivity contribution >= 4 is 54.0 Å². The van der Waals surface area contributed by atoms with Gasteiger partial charge < -0.3 is 18.9 Å². The van der Waals surface area contributed by atoms with E-state index in [1.54, 1.807) is 31.2 Å². The molecule has 9 nitrogen and oxygen atoms in total. The van der Waals surface area contributed by atoms with Gasteiger partial charge in [-0.15, -0.1) is 0 Å². The Kier molecular flexibility index (Phi) is 14.2. The highest BCUT2D eigenvalue weighted by Gasteiger charge is 2.64. The van der Waals surface area contributed by atoms with Gasteiger partial charge in [-0.05, 0) is 88.5 Å². The number of carbonyl (C=O) groups excluding carboxylic acids is 5. The summed E-state index contributed by atoms with van der Waals surface area (Å²) >= 11 is 0. The number of fused-ring (bicyclic) bond motifs is 3. The number of allylic oxidation sites excluding steroid dienone is 1. The molecule has 9 heteroatoms. The van der Waals surface area contributed by atoms with Crippen molar-refractivity contribution in [1.29, 1.82) is 0 Å². The summed E-state index contributed by atoms with van der Waals surface area (Å²) in [4.78, 5) is 70.4. The maximum atomic E-state index is 14.4. The third kappa shape index (κ3) is 10.6. The molecule has 0 unspecified atom stereocenters. The van der Waals surface area contributed by atoms with Crippen molar-refractivity contribution < 1.29 is 42.9 Å². The Balaban J connectivity index is 1.36. The Morgan fingerprint density at radius 2 is 0.985 bits per heavy atom. The molecule has 2 bridgehead atoms. The summed E-state index contributed by atoms with van der Waals surface area (Å²) in [6.45, 7) is 12.0. The smallest absolute Gasteiger partial charge is 0.331 e. The van der Waals surface area contributed by atoms with Gasteiger partial charge in [0.1, 0.15) is 18.3 Å². The first-order valence-corrected chi connectivity index (χ1v) is 21.9. The molecule has 0 spiro atoms. The monoisotopic (exact) mass is 870 g/mol. The maximum Gasteiger partial charge on any atom is 0.331 e. The van der Waals surface area contributed by atoms with E-state index in [1.165, 1.54) is 24.3 Å². The van der Waals surface area contributed by atoms with Crippen LogP contribution in [0.25, 0.3) is 24.3 Å². The van der Waals surface area contributed by atoms with E-state index < -0.39 is 71.0 Å². The zero-order chi connectivity index (χ0) is 46.1. The fraction of sp³-hybridized carbons (Fsp3) is 0.268. The highest BCUT2D eigenvalue weighted by Crippen LogP contribution is 2.60. The van der Waals surface area contributed by atoms with Gasteiger partial charge in [0, 0.05) is 48.0 Å². The SMILES string of the molecule is C=C1[C@@H](OC(=O)/C=C/c2ccccc2)CC[C@@]2(C)[C@@H](OC(=O)/C=C/c3ccccc3)[C@H](OC(=O)/C=C/c3ccccc3)C3=C(C)C(=O)C[C@@H]([C@@H](OC(=O)/C=C/c4ccccc4)[C@H]12)C3(C)C. The number of esters is 4. The van der Waals surface area contributed by atoms with Crippen LogP contribution >= 0.6 is 0 Å². The minimum absolute atomic E-state index is 0.00828. The van der Waals surface area contributed by atoms with Crippen LogP contribution in [0.5, 0.6) is 0 Å². The molecule has 7 atom stereocenters. The fourth-order valence-corrected chi connectivity index (χ4v) is 9.79. The highest BCUT2D eigenvalue weighted by atomic mass is 16.6. The van der Waals surface area contributed by atoms with E-state index in [0.717, 1.165) is 22.3 Å². The van der Waals surface area contributed by atoms with Gasteiger partial charge >= 0.3 is 23.9 Å². The second-order valence-electron chi connectivity index (χ2n) is 17.6. The molecule has 0 amide bonds. The van der Waals surface area contributed by atoms with E-state index in [4.69, 9.17) is 18.9 Å². The summed E-state index contributed by atoms with van der Waals surface area (Å²) in [5.41, 5.74) is 2.17. The van der Waals surface area contributed by atoms with Crippen LogP contribution in [-0.4, -0.2) is 54.1 Å². The molecule has 7 rings (SSSR count). The van der Waals surface area contributed by atoms with Crippen molar-refractivity contribution in [2.75, 3.05) is 0 Å². The molecule has 4 aromatic rings. The van der Waals surface area contributed by atoms with Crippen LogP contribution in [0.1, 0.15) is 69.2 Å². The lowest BCUT2D eigenvalue weighted by Crippen LogP contribution is -2.64. The first kappa shape index (κ1) is 45.9. The van der Waals surface area contributed by atoms with Crippen molar-refractivity contribution in [3.63, 3.8) is 0 Å². The molecule has 4 aromatic carbocycles. The lowest BCUT2D eigenvalue weighted by molar-refractivity contribution is -0.199. The highest BCUT2D eigenvalue weighted by molar-refractivity contribution is 5.98. The van der Waals surface area contributed by atoms with Gasteiger partial charge in [0.15, 0.2) is 11.9 Å². The van der Waals surface area contributed by atoms with E-state index >= 15 is 0 Å². The van der Waals surface area contributed by atoms with Gasteiger partial charge in [-0.2, -0.15) is 0 Å². The molecule has 0 N–H and O–H groups in total. The Bertz CT molecular complexity index is 2550. The first-order chi connectivity index (χ1) is 31.2. The molecule has 0 radical (unpaired) electrons. The van der Waals surface area contributed by atoms with Crippen LogP contribution < -0.4 is 0 Å². The number of Topliss-reactive ketones (excluding diaryl/α,β-unsaturated/α-hetero) is 1. The lowest BCUT2D eigenvalue weighted by atomic mass is 9.49. The first-order valence-electron chi connectivity index (χ1n) is 21.9. The molecular weight excluding hydrogens is 817 g/mol. The van der Waals surface area contributed by atoms with Gasteiger partial charge in [-0.25, -0.2) is 19.2 Å². The average Bonchev–Trinajstić information content (AvgIpc) is 3.30. The van der Waals surface area contributed by atoms with E-state index in [0.29, 0.717) is 16.7 Å². The summed E-state index contributed by atoms with van der Waals surface area (Å²) < 4.78 is 25.8. The number of hydrogen-bond acceptors (Lipinski definition) is 9. The molecule has 65 heavy (non-hydrogen) atoms. The number of carbonyl (C=O) groups is 5. The zero-order valence-corrected chi connectivity index (χ0v) is 37.1. The molecule has 2 saturated carbocycles. The lowest BCUT2D eigenvalue weighted by Gasteiger charge is -2.59. The predicted octanol–water partition coefficient (Wildman–Crippen LogP) is 10.4. The number of ether oxygens (including phenoxy) is 4. The third-order valence-corrected chi connectivity index (χ3v) is 13.1. The van der Waals surface area contributed by atoms with Crippen LogP contribution in [0, 0.1) is 22.7 Å². The zero-order valence-electron chi connectivity index (χ0n) is 37.1. The second kappa shape index (κ2) is 20.1. The van der Waals surface area contributed by atoms with Gasteiger partial charge in [-0.1, -0.05) is 149 Å². The molecule has 0 saturated heterocycles. The molecule has 332 valence electrons. The Hall–Kier alpha value is -7.13. The average molecular weight is 871 g/mol. The minimum Gasteiger partial charge on any atom is -0.458 e. The standard InChI is InChI=1S/C56H54O9/c1-37-44(57)36-43-52(63-47(59)31-27-40-20-12-7-13-21-40)51-38(2)45(62-46(58)30-26-39-18-10-6-11-19-39)34-35-56(51,5)54(65-49(61)33-29-42-24-16-9-17-25-42)53(50(37)55(43,3)4)64-48(60)32-28-41-22-14-8-15-23-41/h6-33,43,45,51-54H,2,34-36H2,1,3-5H3/b30-26+,31-27+,32-28+,33-29+/t43-,45-,51-,52+,53+,54-,56+/m0/s1. The van der Waals surface area contributed by atoms with Crippen LogP contribution in [-0.2, 0) is 42.9 Å². The van der Waals surface area contributed by atoms with Gasteiger partial charge in [0.2, 0.25) is 0 Å². The Labute approximate surface area is 380 Å². The van der Waals surface area contributed by atoms with Crippen LogP contribution in [0.4, 0.5) is 0 Å². The molecule has 0 heterocycles. The van der Waals surface area contributed by atoms with E-state index in [2.05, 4.69) is 6.58 Å². The van der Waals surface area contributed by atoms with Crippen LogP contribution in [0.3, 0.4) is 0 Å². The van der Waals surface area contributed by atoms with Crippen molar-refractivity contribution in [2.45, 2.75) is 71.4 Å². The van der Waals surface area contributed by atoms with Gasteiger partial charge in [-0.3, -0.25) is 4.79 Å². The third-order valence-electron chi connectivity index (χ3n) is 13.1. The summed E-state index contributed by atoms with van der Waals surface area (Å²) in [6, 6.07) is 37.2. The maximum absolute atomic E-state index is 14.4. The Morgan fingerprint density at radius 1 is 0.585 bits per heavy atom. The number of benzene rings is 4. The number of ketones is 1. The minimum atomic E-state index is -1.28. The Morgan fingerprint density at radius 3 is 1.43 bits per heavy atom. The van der Waals surface area contributed by atoms with Crippen LogP contribution in [0.2, 0.25) is 0 Å². The van der Waals surface area contributed by atoms with Crippen molar-refractivity contribution in [1.82, 2.24) is 0 Å². The van der Waals surface area contributed by atoms with E-state index in [1.807, 2.05) is 142 Å². The molecule has 2 fully saturated rings. The quantitative estimate of drug-likeness (QED) is 0.0593. The fourth-order valence-electron chi connectivity index (χ4n) is 9.79. The summed E-state index contributed by atoms with van der Waals surface area (Å²) in [7, 11) is 0. The summed E-state index contributed by atoms with van der Waals surface area (Å²) in [5.74, 6) is -4.52. The van der Waals surface area contributed by atoms with E-state index in [-0.39, 0.29) is 25.0 Å². The van der Waals surface area contributed by atoms with Crippen molar-refractivity contribution in [3.05, 3.63) is 191 Å². The molecular formula is C56H54O9. The van der Waals surface area contributed by atoms with Crippen molar-refractivity contribution in [3.8, 4) is 0 Å². The molecule has 0 aromatic heterocycles. The van der Waals surface area contributed by atoms with E-state index in [9.17, 15) is 24.0 Å². The van der Waals surface area contributed by atoms with Crippen molar-refractivity contribution in [2.24, 2.45) is 22.7 Å². The number of hydrogen-bond donors (Lipinski definition) is 0. The normalized spacial score (nSPS) is 25.2. The number of rotatable bonds is 12. The van der Waals surface area contributed by atoms with Gasteiger partial charge in [0.25, 0.3) is 0 Å². The molecule has 0 aliphatic heterocycles. The topological polar surface area (TPSA) is 122 Å². The molecule has 3 aliphatic rings. The summed E-state index contributed by atoms with van der Waals surface area (Å²) in [6.07, 6.45) is 7.93. The predicted molar refractivity (Wildman–Crippen MR) is 251 cm³/mol. The summed E-state index contributed by atoms with van der Waals surface area (Å²) in [5, 5.41) is 0. The second-order valence-corrected chi connectivity index (χ2v) is 17.6.